The lowest BCUT2D eigenvalue weighted by Crippen LogP contribution is -2.42. The van der Waals surface area contributed by atoms with Gasteiger partial charge in [0.2, 0.25) is 16.0 Å². The van der Waals surface area contributed by atoms with Crippen LogP contribution in [0.2, 0.25) is 0 Å². The summed E-state index contributed by atoms with van der Waals surface area (Å²) in [5.41, 5.74) is -0.990. The molecule has 1 saturated carbocycles. The molecule has 0 radical (unpaired) electrons. The normalized spacial score (nSPS) is 30.3. The number of hydrogen-bond acceptors (Lipinski definition) is 7. The zero-order valence-electron chi connectivity index (χ0n) is 20.1. The van der Waals surface area contributed by atoms with Crippen molar-refractivity contribution in [1.82, 2.24) is 18.8 Å². The summed E-state index contributed by atoms with van der Waals surface area (Å²) < 4.78 is 57.1. The third-order valence-electron chi connectivity index (χ3n) is 5.81. The largest absolute Gasteiger partial charge is 0.388 e. The van der Waals surface area contributed by atoms with Gasteiger partial charge < -0.3 is 10.4 Å². The minimum absolute atomic E-state index is 0.0304. The zero-order chi connectivity index (χ0) is 24.2. The number of aliphatic hydroxyl groups is 1. The standard InChI is InChI=1S/C19H27N5O4S/c1-19(26)9-3-4-15(19)24-16(25)6-5-13-12-20-18(22-17(13)24)21-14-7-10-23(11-8-14)29(2,27)28/h5-6,12,14-15,26H,3-4,7-11H2,1-2H3,(H,20,21,22)/t15-,19-/m1/s1/i2D3,14D. The Hall–Kier alpha value is -2.04. The lowest BCUT2D eigenvalue weighted by molar-refractivity contribution is 0.0267. The second-order valence-corrected chi connectivity index (χ2v) is 9.38. The van der Waals surface area contributed by atoms with E-state index in [1.807, 2.05) is 0 Å². The Balaban J connectivity index is 1.60. The number of fused-ring (bicyclic) bond motifs is 1. The van der Waals surface area contributed by atoms with Gasteiger partial charge in [-0.25, -0.2) is 17.7 Å². The molecule has 9 nitrogen and oxygen atoms in total. The Morgan fingerprint density at radius 1 is 1.34 bits per heavy atom. The first-order valence-electron chi connectivity index (χ1n) is 11.6. The monoisotopic (exact) mass is 425 g/mol. The lowest BCUT2D eigenvalue weighted by atomic mass is 10.00. The van der Waals surface area contributed by atoms with Gasteiger partial charge in [0, 0.05) is 40.9 Å². The number of hydrogen-bond donors (Lipinski definition) is 2. The number of nitrogens with one attached hydrogen (secondary N) is 1. The van der Waals surface area contributed by atoms with E-state index in [0.717, 1.165) is 10.7 Å². The Bertz CT molecular complexity index is 1220. The number of piperidine rings is 1. The van der Waals surface area contributed by atoms with Crippen molar-refractivity contribution < 1.29 is 19.0 Å². The van der Waals surface area contributed by atoms with Crippen molar-refractivity contribution >= 4 is 27.0 Å². The number of anilines is 1. The first-order chi connectivity index (χ1) is 15.2. The van der Waals surface area contributed by atoms with E-state index in [4.69, 9.17) is 5.48 Å². The molecule has 2 fully saturated rings. The van der Waals surface area contributed by atoms with Crippen LogP contribution in [-0.4, -0.2) is 63.3 Å². The molecule has 0 unspecified atom stereocenters. The summed E-state index contributed by atoms with van der Waals surface area (Å²) in [6, 6.07) is 1.28. The molecular weight excluding hydrogens is 394 g/mol. The van der Waals surface area contributed by atoms with Crippen LogP contribution in [0.3, 0.4) is 0 Å². The van der Waals surface area contributed by atoms with Gasteiger partial charge in [0.15, 0.2) is 0 Å². The fourth-order valence-electron chi connectivity index (χ4n) is 4.22. The van der Waals surface area contributed by atoms with Crippen molar-refractivity contribution in [3.05, 3.63) is 28.7 Å². The molecule has 3 heterocycles. The summed E-state index contributed by atoms with van der Waals surface area (Å²) in [6.07, 6.45) is 0.432. The molecule has 2 N–H and O–H groups in total. The summed E-state index contributed by atoms with van der Waals surface area (Å²) >= 11 is 0. The summed E-state index contributed by atoms with van der Waals surface area (Å²) in [4.78, 5) is 21.4. The molecule has 1 aliphatic carbocycles. The summed E-state index contributed by atoms with van der Waals surface area (Å²) in [5.74, 6) is 0.0987. The number of rotatable bonds is 4. The fraction of sp³-hybridized carbons (Fsp3) is 0.632. The van der Waals surface area contributed by atoms with Crippen molar-refractivity contribution in [3.63, 3.8) is 0 Å². The minimum Gasteiger partial charge on any atom is -0.388 e. The minimum atomic E-state index is -4.45. The average Bonchev–Trinajstić information content (AvgIpc) is 3.05. The first-order valence-corrected chi connectivity index (χ1v) is 11.1. The van der Waals surface area contributed by atoms with Crippen LogP contribution in [0.15, 0.2) is 23.1 Å². The maximum Gasteiger partial charge on any atom is 0.252 e. The van der Waals surface area contributed by atoms with E-state index in [0.29, 0.717) is 23.9 Å². The van der Waals surface area contributed by atoms with E-state index in [1.54, 1.807) is 13.0 Å². The van der Waals surface area contributed by atoms with E-state index < -0.39 is 33.9 Å². The Kier molecular flexibility index (Phi) is 3.98. The molecule has 0 spiro atoms. The highest BCUT2D eigenvalue weighted by Crippen LogP contribution is 2.39. The third-order valence-corrected chi connectivity index (χ3v) is 6.86. The van der Waals surface area contributed by atoms with Gasteiger partial charge in [0.05, 0.1) is 19.2 Å². The van der Waals surface area contributed by atoms with E-state index in [9.17, 15) is 18.3 Å². The summed E-state index contributed by atoms with van der Waals surface area (Å²) in [5, 5.41) is 14.3. The summed E-state index contributed by atoms with van der Waals surface area (Å²) in [6.45, 7) is 1.46. The van der Waals surface area contributed by atoms with Gasteiger partial charge in [0.25, 0.3) is 5.56 Å². The molecule has 2 atom stereocenters. The van der Waals surface area contributed by atoms with E-state index in [-0.39, 0.29) is 37.4 Å². The van der Waals surface area contributed by atoms with Crippen LogP contribution in [-0.2, 0) is 10.0 Å². The summed E-state index contributed by atoms with van der Waals surface area (Å²) in [7, 11) is -4.45. The van der Waals surface area contributed by atoms with Crippen molar-refractivity contribution in [3.8, 4) is 0 Å². The Labute approximate surface area is 175 Å². The van der Waals surface area contributed by atoms with Crippen LogP contribution in [0.5, 0.6) is 0 Å². The smallest absolute Gasteiger partial charge is 0.252 e. The van der Waals surface area contributed by atoms with E-state index >= 15 is 0 Å². The second kappa shape index (κ2) is 7.33. The molecule has 1 aliphatic heterocycles. The zero-order valence-corrected chi connectivity index (χ0v) is 16.9. The molecule has 158 valence electrons. The van der Waals surface area contributed by atoms with Gasteiger partial charge in [0.1, 0.15) is 5.65 Å². The van der Waals surface area contributed by atoms with Crippen LogP contribution in [0, 0.1) is 0 Å². The molecule has 1 saturated heterocycles. The molecule has 0 aromatic carbocycles. The molecule has 29 heavy (non-hydrogen) atoms. The van der Waals surface area contributed by atoms with Gasteiger partial charge >= 0.3 is 0 Å². The molecular formula is C19H27N5O4S. The molecule has 0 amide bonds. The molecule has 4 rings (SSSR count). The maximum absolute atomic E-state index is 12.7. The predicted molar refractivity (Wildman–Crippen MR) is 110 cm³/mol. The number of sulfonamides is 1. The lowest BCUT2D eigenvalue weighted by Gasteiger charge is -2.31. The maximum atomic E-state index is 12.7. The fourth-order valence-corrected chi connectivity index (χ4v) is 4.88. The van der Waals surface area contributed by atoms with Crippen molar-refractivity contribution in [1.29, 1.82) is 0 Å². The first kappa shape index (κ1) is 15.8. The third kappa shape index (κ3) is 4.01. The van der Waals surface area contributed by atoms with E-state index in [1.165, 1.54) is 16.8 Å². The van der Waals surface area contributed by atoms with Crippen LogP contribution in [0.25, 0.3) is 11.0 Å². The Morgan fingerprint density at radius 2 is 2.10 bits per heavy atom. The van der Waals surface area contributed by atoms with Crippen molar-refractivity contribution in [2.45, 2.75) is 56.7 Å². The van der Waals surface area contributed by atoms with E-state index in [2.05, 4.69) is 15.3 Å². The number of pyridine rings is 1. The van der Waals surface area contributed by atoms with Crippen LogP contribution in [0.1, 0.15) is 50.6 Å². The second-order valence-electron chi connectivity index (χ2n) is 7.91. The molecule has 2 aromatic heterocycles. The van der Waals surface area contributed by atoms with Crippen molar-refractivity contribution in [2.24, 2.45) is 0 Å². The van der Waals surface area contributed by atoms with Crippen LogP contribution in [0.4, 0.5) is 5.95 Å². The molecule has 10 heteroatoms. The molecule has 0 bridgehead atoms. The molecule has 2 aliphatic rings. The predicted octanol–water partition coefficient (Wildman–Crippen LogP) is 1.10. The molecule has 2 aromatic rings. The van der Waals surface area contributed by atoms with Crippen molar-refractivity contribution in [2.75, 3.05) is 24.6 Å². The topological polar surface area (TPSA) is 117 Å². The highest BCUT2D eigenvalue weighted by molar-refractivity contribution is 7.88. The van der Waals surface area contributed by atoms with Gasteiger partial charge in [-0.05, 0) is 45.1 Å². The highest BCUT2D eigenvalue weighted by atomic mass is 32.2. The average molecular weight is 426 g/mol. The van der Waals surface area contributed by atoms with Gasteiger partial charge in [-0.3, -0.25) is 9.36 Å². The SMILES string of the molecule is [2H]C1(Nc2ncc3ccc(=O)n([C@@H]4CCC[C@@]4(C)O)c3n2)CCN(S(=O)(=O)C([2H])([2H])[2H])CC1. The quantitative estimate of drug-likeness (QED) is 0.753. The van der Waals surface area contributed by atoms with Gasteiger partial charge in [-0.15, -0.1) is 0 Å². The number of nitrogens with zero attached hydrogens (tertiary/aromatic N) is 4. The van der Waals surface area contributed by atoms with Gasteiger partial charge in [-0.1, -0.05) is 0 Å². The van der Waals surface area contributed by atoms with Gasteiger partial charge in [-0.2, -0.15) is 4.98 Å². The van der Waals surface area contributed by atoms with Crippen LogP contribution >= 0.6 is 0 Å². The Morgan fingerprint density at radius 3 is 2.76 bits per heavy atom. The van der Waals surface area contributed by atoms with Crippen LogP contribution < -0.4 is 10.9 Å². The highest BCUT2D eigenvalue weighted by Gasteiger charge is 2.39. The number of aromatic nitrogens is 3.